The van der Waals surface area contributed by atoms with Crippen LogP contribution < -0.4 is 10.1 Å². The van der Waals surface area contributed by atoms with Crippen molar-refractivity contribution >= 4 is 26.6 Å². The number of carbonyl (C=O) groups excluding carboxylic acids is 1. The van der Waals surface area contributed by atoms with E-state index < -0.39 is 27.6 Å². The molecule has 9 nitrogen and oxygen atoms in total. The number of aromatic nitrogens is 3. The number of rotatable bonds is 6. The maximum atomic E-state index is 12.8. The standard InChI is InChI=1S/C26H22F2N4O5S/c1-15-13-36-14-18-6-5-16(9-23(18)38(15,34)35)25(33)30-12-19-10-22-17(11-29-19)7-8-21(31-22)20-3-2-4-24(32-20)37-26(27)28/h2-11,15,26H,12-14H2,1H3,(H,30,33)/t15-/m0/s1. The van der Waals surface area contributed by atoms with Crippen molar-refractivity contribution in [2.24, 2.45) is 0 Å². The molecule has 4 aromatic rings. The molecule has 196 valence electrons. The number of benzene rings is 1. The van der Waals surface area contributed by atoms with Crippen LogP contribution in [0.2, 0.25) is 0 Å². The van der Waals surface area contributed by atoms with E-state index >= 15 is 0 Å². The lowest BCUT2D eigenvalue weighted by atomic mass is 10.1. The second kappa shape index (κ2) is 10.4. The predicted molar refractivity (Wildman–Crippen MR) is 133 cm³/mol. The molecule has 38 heavy (non-hydrogen) atoms. The fraction of sp³-hybridized carbons (Fsp3) is 0.231. The molecule has 0 saturated carbocycles. The first kappa shape index (κ1) is 25.6. The van der Waals surface area contributed by atoms with Crippen molar-refractivity contribution in [3.05, 3.63) is 77.6 Å². The lowest BCUT2D eigenvalue weighted by molar-refractivity contribution is -0.0527. The Labute approximate surface area is 216 Å². The van der Waals surface area contributed by atoms with Gasteiger partial charge in [-0.25, -0.2) is 18.4 Å². The maximum absolute atomic E-state index is 12.8. The van der Waals surface area contributed by atoms with Crippen molar-refractivity contribution in [2.45, 2.75) is 36.8 Å². The summed E-state index contributed by atoms with van der Waals surface area (Å²) in [5.41, 5.74) is 2.61. The first-order chi connectivity index (χ1) is 18.2. The highest BCUT2D eigenvalue weighted by Gasteiger charge is 2.30. The SMILES string of the molecule is C[C@H]1COCc2ccc(C(=O)NCc3cc4nc(-c5cccc(OC(F)F)n5)ccc4cn3)cc2S1(=O)=O. The topological polar surface area (TPSA) is 120 Å². The van der Waals surface area contributed by atoms with E-state index in [1.54, 1.807) is 55.6 Å². The first-order valence-corrected chi connectivity index (χ1v) is 13.2. The Morgan fingerprint density at radius 2 is 1.95 bits per heavy atom. The van der Waals surface area contributed by atoms with Crippen molar-refractivity contribution < 1.29 is 31.5 Å². The minimum absolute atomic E-state index is 0.0694. The summed E-state index contributed by atoms with van der Waals surface area (Å²) in [4.78, 5) is 25.9. The highest BCUT2D eigenvalue weighted by atomic mass is 32.2. The molecular weight excluding hydrogens is 518 g/mol. The van der Waals surface area contributed by atoms with Crippen molar-refractivity contribution in [1.29, 1.82) is 0 Å². The van der Waals surface area contributed by atoms with E-state index in [1.165, 1.54) is 12.1 Å². The van der Waals surface area contributed by atoms with Gasteiger partial charge < -0.3 is 14.8 Å². The van der Waals surface area contributed by atoms with Crippen LogP contribution in [0.5, 0.6) is 5.88 Å². The minimum atomic E-state index is -3.62. The van der Waals surface area contributed by atoms with Crippen LogP contribution in [0.4, 0.5) is 8.78 Å². The van der Waals surface area contributed by atoms with Gasteiger partial charge in [-0.2, -0.15) is 8.78 Å². The van der Waals surface area contributed by atoms with Gasteiger partial charge >= 0.3 is 6.61 Å². The summed E-state index contributed by atoms with van der Waals surface area (Å²) in [5.74, 6) is -0.672. The summed E-state index contributed by atoms with van der Waals surface area (Å²) in [6.07, 6.45) is 1.60. The zero-order valence-corrected chi connectivity index (χ0v) is 20.9. The minimum Gasteiger partial charge on any atom is -0.417 e. The van der Waals surface area contributed by atoms with Gasteiger partial charge in [0.1, 0.15) is 0 Å². The summed E-state index contributed by atoms with van der Waals surface area (Å²) < 4.78 is 60.5. The molecule has 0 aliphatic carbocycles. The molecule has 1 amide bonds. The second-order valence-corrected chi connectivity index (χ2v) is 11.0. The third-order valence-corrected chi connectivity index (χ3v) is 8.22. The van der Waals surface area contributed by atoms with Gasteiger partial charge in [-0.1, -0.05) is 12.1 Å². The first-order valence-electron chi connectivity index (χ1n) is 11.6. The van der Waals surface area contributed by atoms with Crippen LogP contribution in [-0.2, 0) is 27.7 Å². The molecule has 4 heterocycles. The Morgan fingerprint density at radius 1 is 1.13 bits per heavy atom. The lowest BCUT2D eigenvalue weighted by Crippen LogP contribution is -2.24. The quantitative estimate of drug-likeness (QED) is 0.391. The number of sulfone groups is 1. The van der Waals surface area contributed by atoms with Crippen LogP contribution >= 0.6 is 0 Å². The van der Waals surface area contributed by atoms with E-state index in [-0.39, 0.29) is 36.1 Å². The number of fused-ring (bicyclic) bond motifs is 2. The summed E-state index contributed by atoms with van der Waals surface area (Å²) >= 11 is 0. The Bertz CT molecular complexity index is 1630. The van der Waals surface area contributed by atoms with Crippen LogP contribution in [0.25, 0.3) is 22.3 Å². The van der Waals surface area contributed by atoms with Crippen LogP contribution in [0.1, 0.15) is 28.5 Å². The number of hydrogen-bond acceptors (Lipinski definition) is 8. The molecule has 12 heteroatoms. The van der Waals surface area contributed by atoms with Gasteiger partial charge in [0.2, 0.25) is 5.88 Å². The zero-order chi connectivity index (χ0) is 26.9. The molecular formula is C26H22F2N4O5S. The summed E-state index contributed by atoms with van der Waals surface area (Å²) in [6.45, 7) is -1.09. The Balaban J connectivity index is 1.34. The molecule has 1 atom stereocenters. The number of ether oxygens (including phenoxy) is 2. The van der Waals surface area contributed by atoms with Gasteiger partial charge in [0.25, 0.3) is 5.91 Å². The molecule has 1 aromatic carbocycles. The third-order valence-electron chi connectivity index (χ3n) is 6.03. The van der Waals surface area contributed by atoms with Gasteiger partial charge in [-0.15, -0.1) is 0 Å². The predicted octanol–water partition coefficient (Wildman–Crippen LogP) is 3.92. The second-order valence-electron chi connectivity index (χ2n) is 8.68. The molecule has 1 N–H and O–H groups in total. The number of amides is 1. The van der Waals surface area contributed by atoms with Crippen LogP contribution in [0, 0.1) is 0 Å². The lowest BCUT2D eigenvalue weighted by Gasteiger charge is -2.12. The summed E-state index contributed by atoms with van der Waals surface area (Å²) in [5, 5.41) is 2.78. The number of nitrogens with zero attached hydrogens (tertiary/aromatic N) is 3. The molecule has 3 aromatic heterocycles. The molecule has 0 unspecified atom stereocenters. The largest absolute Gasteiger partial charge is 0.417 e. The van der Waals surface area contributed by atoms with E-state index in [0.717, 1.165) is 5.39 Å². The normalized spacial score (nSPS) is 16.6. The maximum Gasteiger partial charge on any atom is 0.388 e. The van der Waals surface area contributed by atoms with E-state index in [2.05, 4.69) is 25.0 Å². The number of halogens is 2. The number of carbonyl (C=O) groups is 1. The molecule has 0 fully saturated rings. The zero-order valence-electron chi connectivity index (χ0n) is 20.1. The average molecular weight is 541 g/mol. The van der Waals surface area contributed by atoms with Gasteiger partial charge in [-0.05, 0) is 48.9 Å². The Hall–Kier alpha value is -4.03. The van der Waals surface area contributed by atoms with Crippen molar-refractivity contribution in [3.63, 3.8) is 0 Å². The molecule has 0 spiro atoms. The summed E-state index contributed by atoms with van der Waals surface area (Å²) in [7, 11) is -3.62. The third kappa shape index (κ3) is 5.31. The Morgan fingerprint density at radius 3 is 2.76 bits per heavy atom. The van der Waals surface area contributed by atoms with E-state index in [9.17, 15) is 22.0 Å². The van der Waals surface area contributed by atoms with Crippen LogP contribution in [0.15, 0.2) is 65.7 Å². The van der Waals surface area contributed by atoms with Gasteiger partial charge in [0, 0.05) is 23.2 Å². The number of alkyl halides is 2. The monoisotopic (exact) mass is 540 g/mol. The van der Waals surface area contributed by atoms with Gasteiger partial charge in [-0.3, -0.25) is 9.78 Å². The van der Waals surface area contributed by atoms with Crippen molar-refractivity contribution in [1.82, 2.24) is 20.3 Å². The fourth-order valence-corrected chi connectivity index (χ4v) is 5.50. The molecule has 1 aliphatic heterocycles. The molecule has 1 aliphatic rings. The fourth-order valence-electron chi connectivity index (χ4n) is 4.01. The van der Waals surface area contributed by atoms with Gasteiger partial charge in [0.15, 0.2) is 9.84 Å². The van der Waals surface area contributed by atoms with E-state index in [4.69, 9.17) is 4.74 Å². The summed E-state index contributed by atoms with van der Waals surface area (Å²) in [6, 6.07) is 14.2. The molecule has 0 saturated heterocycles. The number of nitrogens with one attached hydrogen (secondary N) is 1. The number of pyridine rings is 3. The van der Waals surface area contributed by atoms with E-state index in [1.807, 2.05) is 0 Å². The highest BCUT2D eigenvalue weighted by molar-refractivity contribution is 7.92. The van der Waals surface area contributed by atoms with E-state index in [0.29, 0.717) is 28.2 Å². The van der Waals surface area contributed by atoms with Gasteiger partial charge in [0.05, 0.1) is 52.5 Å². The van der Waals surface area contributed by atoms with Crippen molar-refractivity contribution in [2.75, 3.05) is 6.61 Å². The molecule has 0 bridgehead atoms. The van der Waals surface area contributed by atoms with Crippen molar-refractivity contribution in [3.8, 4) is 17.3 Å². The Kier molecular flexibility index (Phi) is 7.00. The number of hydrogen-bond donors (Lipinski definition) is 1. The molecule has 0 radical (unpaired) electrons. The average Bonchev–Trinajstić information content (AvgIpc) is 3.01. The van der Waals surface area contributed by atoms with Crippen LogP contribution in [0.3, 0.4) is 0 Å². The molecule has 5 rings (SSSR count). The highest BCUT2D eigenvalue weighted by Crippen LogP contribution is 2.27. The van der Waals surface area contributed by atoms with Crippen LogP contribution in [-0.4, -0.2) is 47.7 Å². The smallest absolute Gasteiger partial charge is 0.388 e.